The van der Waals surface area contributed by atoms with E-state index >= 15 is 0 Å². The minimum Gasteiger partial charge on any atom is -0.434 e. The van der Waals surface area contributed by atoms with Crippen LogP contribution in [0.1, 0.15) is 13.3 Å². The van der Waals surface area contributed by atoms with Crippen molar-refractivity contribution in [1.82, 2.24) is 9.97 Å². The van der Waals surface area contributed by atoms with Crippen LogP contribution in [0.5, 0.6) is 11.6 Å². The molecular formula is C13H12BrF2N3O. The zero-order valence-electron chi connectivity index (χ0n) is 10.7. The van der Waals surface area contributed by atoms with Crippen LogP contribution in [0.15, 0.2) is 29.0 Å². The molecule has 4 nitrogen and oxygen atoms in total. The van der Waals surface area contributed by atoms with Crippen molar-refractivity contribution >= 4 is 21.7 Å². The summed E-state index contributed by atoms with van der Waals surface area (Å²) in [5, 5.41) is 3.03. The molecule has 0 saturated heterocycles. The Balaban J connectivity index is 2.21. The fourth-order valence-corrected chi connectivity index (χ4v) is 1.86. The summed E-state index contributed by atoms with van der Waals surface area (Å²) in [6, 6.07) is 2.35. The predicted molar refractivity (Wildman–Crippen MR) is 74.9 cm³/mol. The van der Waals surface area contributed by atoms with E-state index in [0.29, 0.717) is 10.3 Å². The first-order valence-corrected chi connectivity index (χ1v) is 6.77. The van der Waals surface area contributed by atoms with Crippen LogP contribution in [-0.4, -0.2) is 16.5 Å². The number of ether oxygens (including phenoxy) is 1. The molecule has 0 radical (unpaired) electrons. The smallest absolute Gasteiger partial charge is 0.239 e. The highest BCUT2D eigenvalue weighted by Crippen LogP contribution is 2.28. The van der Waals surface area contributed by atoms with E-state index in [1.807, 2.05) is 6.92 Å². The van der Waals surface area contributed by atoms with Crippen molar-refractivity contribution in [2.45, 2.75) is 13.3 Å². The molecule has 0 amide bonds. The maximum Gasteiger partial charge on any atom is 0.239 e. The van der Waals surface area contributed by atoms with Gasteiger partial charge in [-0.05, 0) is 18.6 Å². The third-order valence-electron chi connectivity index (χ3n) is 2.34. The fourth-order valence-electron chi connectivity index (χ4n) is 1.45. The van der Waals surface area contributed by atoms with Crippen molar-refractivity contribution in [3.63, 3.8) is 0 Å². The molecule has 0 unspecified atom stereocenters. The maximum atomic E-state index is 13.6. The van der Waals surface area contributed by atoms with Gasteiger partial charge in [-0.1, -0.05) is 22.9 Å². The number of hydrogen-bond acceptors (Lipinski definition) is 4. The Morgan fingerprint density at radius 3 is 2.85 bits per heavy atom. The summed E-state index contributed by atoms with van der Waals surface area (Å²) in [6.07, 6.45) is 3.79. The van der Waals surface area contributed by atoms with Gasteiger partial charge in [-0.25, -0.2) is 4.39 Å². The van der Waals surface area contributed by atoms with Gasteiger partial charge in [-0.15, -0.1) is 0 Å². The summed E-state index contributed by atoms with van der Waals surface area (Å²) < 4.78 is 32.4. The lowest BCUT2D eigenvalue weighted by molar-refractivity contribution is 0.404. The van der Waals surface area contributed by atoms with Gasteiger partial charge in [0, 0.05) is 11.0 Å². The molecule has 0 fully saturated rings. The topological polar surface area (TPSA) is 47.0 Å². The first kappa shape index (κ1) is 14.6. The van der Waals surface area contributed by atoms with E-state index in [2.05, 4.69) is 31.2 Å². The zero-order valence-corrected chi connectivity index (χ0v) is 12.2. The summed E-state index contributed by atoms with van der Waals surface area (Å²) >= 11 is 3.07. The quantitative estimate of drug-likeness (QED) is 0.829. The number of nitrogens with one attached hydrogen (secondary N) is 1. The van der Waals surface area contributed by atoms with E-state index in [0.717, 1.165) is 19.0 Å². The van der Waals surface area contributed by atoms with E-state index in [9.17, 15) is 8.78 Å². The molecule has 1 heterocycles. The van der Waals surface area contributed by atoms with Crippen LogP contribution >= 0.6 is 15.9 Å². The zero-order chi connectivity index (χ0) is 14.5. The monoisotopic (exact) mass is 343 g/mol. The standard InChI is InChI=1S/C13H12BrF2N3O/c1-2-3-18-11-6-17-7-12(19-11)20-10-5-8(14)4-9(15)13(10)16/h4-7H,2-3H2,1H3,(H,18,19). The van der Waals surface area contributed by atoms with Crippen LogP contribution < -0.4 is 10.1 Å². The Hall–Kier alpha value is -1.76. The summed E-state index contributed by atoms with van der Waals surface area (Å²) in [4.78, 5) is 8.04. The van der Waals surface area contributed by atoms with Crippen LogP contribution in [0.3, 0.4) is 0 Å². The Morgan fingerprint density at radius 2 is 2.10 bits per heavy atom. The van der Waals surface area contributed by atoms with Crippen LogP contribution in [0.4, 0.5) is 14.6 Å². The molecule has 0 atom stereocenters. The predicted octanol–water partition coefficient (Wildman–Crippen LogP) is 4.13. The molecular weight excluding hydrogens is 332 g/mol. The maximum absolute atomic E-state index is 13.6. The molecule has 2 rings (SSSR count). The summed E-state index contributed by atoms with van der Waals surface area (Å²) in [5.74, 6) is -1.72. The number of anilines is 1. The minimum absolute atomic E-state index is 0.0857. The molecule has 0 spiro atoms. The number of hydrogen-bond donors (Lipinski definition) is 1. The van der Waals surface area contributed by atoms with Crippen molar-refractivity contribution < 1.29 is 13.5 Å². The van der Waals surface area contributed by atoms with Crippen molar-refractivity contribution in [1.29, 1.82) is 0 Å². The van der Waals surface area contributed by atoms with Gasteiger partial charge in [0.2, 0.25) is 11.7 Å². The van der Waals surface area contributed by atoms with Crippen LogP contribution in [-0.2, 0) is 0 Å². The second-order valence-electron chi connectivity index (χ2n) is 3.97. The highest BCUT2D eigenvalue weighted by molar-refractivity contribution is 9.10. The average molecular weight is 344 g/mol. The molecule has 20 heavy (non-hydrogen) atoms. The molecule has 0 aliphatic carbocycles. The minimum atomic E-state index is -1.07. The van der Waals surface area contributed by atoms with E-state index in [1.165, 1.54) is 18.5 Å². The molecule has 106 valence electrons. The molecule has 2 aromatic rings. The third-order valence-corrected chi connectivity index (χ3v) is 2.80. The van der Waals surface area contributed by atoms with Crippen molar-refractivity contribution in [2.24, 2.45) is 0 Å². The Bertz CT molecular complexity index is 610. The first-order valence-electron chi connectivity index (χ1n) is 5.98. The Morgan fingerprint density at radius 1 is 1.30 bits per heavy atom. The van der Waals surface area contributed by atoms with Crippen molar-refractivity contribution in [3.8, 4) is 11.6 Å². The van der Waals surface area contributed by atoms with E-state index < -0.39 is 11.6 Å². The molecule has 0 saturated carbocycles. The van der Waals surface area contributed by atoms with Crippen molar-refractivity contribution in [2.75, 3.05) is 11.9 Å². The van der Waals surface area contributed by atoms with Crippen LogP contribution in [0, 0.1) is 11.6 Å². The second-order valence-corrected chi connectivity index (χ2v) is 4.89. The lowest BCUT2D eigenvalue weighted by Crippen LogP contribution is -2.03. The van der Waals surface area contributed by atoms with Gasteiger partial charge in [-0.3, -0.25) is 4.98 Å². The number of nitrogens with zero attached hydrogens (tertiary/aromatic N) is 2. The van der Waals surface area contributed by atoms with Gasteiger partial charge in [0.05, 0.1) is 12.4 Å². The summed E-state index contributed by atoms with van der Waals surface area (Å²) in [6.45, 7) is 2.75. The molecule has 1 N–H and O–H groups in total. The third kappa shape index (κ3) is 3.63. The molecule has 7 heteroatoms. The van der Waals surface area contributed by atoms with Gasteiger partial charge in [0.25, 0.3) is 0 Å². The first-order chi connectivity index (χ1) is 9.60. The van der Waals surface area contributed by atoms with Crippen LogP contribution in [0.25, 0.3) is 0 Å². The fraction of sp³-hybridized carbons (Fsp3) is 0.231. The average Bonchev–Trinajstić information content (AvgIpc) is 2.42. The van der Waals surface area contributed by atoms with Crippen LogP contribution in [0.2, 0.25) is 0 Å². The molecule has 0 aliphatic rings. The highest BCUT2D eigenvalue weighted by atomic mass is 79.9. The molecule has 1 aromatic heterocycles. The molecule has 0 aliphatic heterocycles. The van der Waals surface area contributed by atoms with Crippen molar-refractivity contribution in [3.05, 3.63) is 40.6 Å². The number of rotatable bonds is 5. The number of benzene rings is 1. The lowest BCUT2D eigenvalue weighted by atomic mass is 10.3. The largest absolute Gasteiger partial charge is 0.434 e. The molecule has 0 bridgehead atoms. The Labute approximate surface area is 123 Å². The Kier molecular flexibility index (Phi) is 4.84. The van der Waals surface area contributed by atoms with Gasteiger partial charge in [0.15, 0.2) is 11.6 Å². The number of aromatic nitrogens is 2. The summed E-state index contributed by atoms with van der Waals surface area (Å²) in [7, 11) is 0. The second kappa shape index (κ2) is 6.60. The van der Waals surface area contributed by atoms with Gasteiger partial charge in [0.1, 0.15) is 5.82 Å². The lowest BCUT2D eigenvalue weighted by Gasteiger charge is -2.08. The van der Waals surface area contributed by atoms with Gasteiger partial charge in [-0.2, -0.15) is 9.37 Å². The SMILES string of the molecule is CCCNc1cncc(Oc2cc(Br)cc(F)c2F)n1. The van der Waals surface area contributed by atoms with Gasteiger partial charge < -0.3 is 10.1 Å². The van der Waals surface area contributed by atoms with E-state index in [4.69, 9.17) is 4.74 Å². The van der Waals surface area contributed by atoms with E-state index in [1.54, 1.807) is 0 Å². The summed E-state index contributed by atoms with van der Waals surface area (Å²) in [5.41, 5.74) is 0. The van der Waals surface area contributed by atoms with Gasteiger partial charge >= 0.3 is 0 Å². The highest BCUT2D eigenvalue weighted by Gasteiger charge is 2.13. The normalized spacial score (nSPS) is 10.4. The number of halogens is 3. The van der Waals surface area contributed by atoms with E-state index in [-0.39, 0.29) is 11.6 Å². The molecule has 1 aromatic carbocycles.